The lowest BCUT2D eigenvalue weighted by Gasteiger charge is -2.25. The van der Waals surface area contributed by atoms with Gasteiger partial charge in [-0.25, -0.2) is 9.97 Å². The summed E-state index contributed by atoms with van der Waals surface area (Å²) in [5.41, 5.74) is 0.357. The van der Waals surface area contributed by atoms with E-state index in [1.165, 1.54) is 6.42 Å². The Balaban J connectivity index is 1.64. The fraction of sp³-hybridized carbons (Fsp3) is 0.688. The molecule has 2 aliphatic rings. The van der Waals surface area contributed by atoms with Gasteiger partial charge in [-0.15, -0.1) is 0 Å². The van der Waals surface area contributed by atoms with Gasteiger partial charge in [-0.1, -0.05) is 13.8 Å². The minimum Gasteiger partial charge on any atom is -0.352 e. The van der Waals surface area contributed by atoms with Crippen molar-refractivity contribution in [2.75, 3.05) is 11.4 Å². The molecule has 2 atom stereocenters. The number of hydrogen-bond acceptors (Lipinski definition) is 4. The van der Waals surface area contributed by atoms with Crippen molar-refractivity contribution in [3.05, 3.63) is 18.5 Å². The maximum atomic E-state index is 12.6. The second-order valence-electron chi connectivity index (χ2n) is 7.01. The second kappa shape index (κ2) is 5.62. The molecule has 1 aliphatic carbocycles. The Hall–Kier alpha value is -1.65. The number of anilines is 1. The van der Waals surface area contributed by atoms with E-state index in [1.807, 2.05) is 4.90 Å². The maximum Gasteiger partial charge on any atom is 0.243 e. The number of hydrogen-bond donors (Lipinski definition) is 1. The van der Waals surface area contributed by atoms with Gasteiger partial charge in [-0.3, -0.25) is 4.79 Å². The normalized spacial score (nSPS) is 27.8. The van der Waals surface area contributed by atoms with E-state index in [4.69, 9.17) is 0 Å². The lowest BCUT2D eigenvalue weighted by Crippen LogP contribution is -2.47. The molecule has 0 radical (unpaired) electrons. The minimum atomic E-state index is -0.115. The van der Waals surface area contributed by atoms with Crippen LogP contribution < -0.4 is 10.2 Å². The molecule has 114 valence electrons. The van der Waals surface area contributed by atoms with Crippen LogP contribution in [-0.2, 0) is 4.79 Å². The van der Waals surface area contributed by atoms with E-state index in [0.29, 0.717) is 17.4 Å². The van der Waals surface area contributed by atoms with Crippen molar-refractivity contribution in [1.82, 2.24) is 15.3 Å². The molecule has 1 N–H and O–H groups in total. The molecule has 2 fully saturated rings. The van der Waals surface area contributed by atoms with Crippen molar-refractivity contribution >= 4 is 11.9 Å². The van der Waals surface area contributed by atoms with Gasteiger partial charge in [0.1, 0.15) is 6.04 Å². The van der Waals surface area contributed by atoms with Crippen molar-refractivity contribution in [3.8, 4) is 0 Å². The Bertz CT molecular complexity index is 502. The number of carbonyl (C=O) groups is 1. The number of amides is 1. The summed E-state index contributed by atoms with van der Waals surface area (Å²) < 4.78 is 0. The predicted octanol–water partition coefficient (Wildman–Crippen LogP) is 2.14. The zero-order valence-corrected chi connectivity index (χ0v) is 12.9. The summed E-state index contributed by atoms with van der Waals surface area (Å²) in [5, 5.41) is 3.24. The van der Waals surface area contributed by atoms with Gasteiger partial charge in [0.25, 0.3) is 0 Å². The lowest BCUT2D eigenvalue weighted by molar-refractivity contribution is -0.122. The fourth-order valence-corrected chi connectivity index (χ4v) is 3.57. The number of carbonyl (C=O) groups excluding carboxylic acids is 1. The highest BCUT2D eigenvalue weighted by atomic mass is 16.2. The van der Waals surface area contributed by atoms with Crippen LogP contribution in [0.5, 0.6) is 0 Å². The number of nitrogens with zero attached hydrogens (tertiary/aromatic N) is 3. The third kappa shape index (κ3) is 3.17. The summed E-state index contributed by atoms with van der Waals surface area (Å²) in [6, 6.07) is 2.01. The summed E-state index contributed by atoms with van der Waals surface area (Å²) in [5.74, 6) is 0.810. The van der Waals surface area contributed by atoms with E-state index < -0.39 is 0 Å². The molecule has 1 aromatic heterocycles. The number of rotatable bonds is 3. The third-order valence-corrected chi connectivity index (χ3v) is 4.68. The van der Waals surface area contributed by atoms with E-state index in [0.717, 1.165) is 32.2 Å². The van der Waals surface area contributed by atoms with Crippen LogP contribution >= 0.6 is 0 Å². The monoisotopic (exact) mass is 288 g/mol. The molecule has 1 saturated heterocycles. The smallest absolute Gasteiger partial charge is 0.243 e. The Morgan fingerprint density at radius 3 is 2.76 bits per heavy atom. The topological polar surface area (TPSA) is 58.1 Å². The van der Waals surface area contributed by atoms with Crippen LogP contribution in [0.3, 0.4) is 0 Å². The predicted molar refractivity (Wildman–Crippen MR) is 82.0 cm³/mol. The Labute approximate surface area is 126 Å². The fourth-order valence-electron chi connectivity index (χ4n) is 3.57. The van der Waals surface area contributed by atoms with E-state index in [-0.39, 0.29) is 11.9 Å². The standard InChI is InChI=1S/C16H24N4O/c1-16(2)7-6-12(11-16)19-14(21)13-5-3-10-20(13)15-17-8-4-9-18-15/h4,8-9,12-13H,3,5-7,10-11H2,1-2H3,(H,19,21). The molecular weight excluding hydrogens is 264 g/mol. The van der Waals surface area contributed by atoms with Gasteiger partial charge < -0.3 is 10.2 Å². The summed E-state index contributed by atoms with van der Waals surface area (Å²) in [6.45, 7) is 5.41. The zero-order chi connectivity index (χ0) is 14.9. The van der Waals surface area contributed by atoms with Crippen molar-refractivity contribution < 1.29 is 4.79 Å². The molecule has 21 heavy (non-hydrogen) atoms. The van der Waals surface area contributed by atoms with Crippen molar-refractivity contribution in [2.45, 2.75) is 58.0 Å². The van der Waals surface area contributed by atoms with Gasteiger partial charge in [0.05, 0.1) is 0 Å². The summed E-state index contributed by atoms with van der Waals surface area (Å²) in [7, 11) is 0. The molecule has 1 amide bonds. The minimum absolute atomic E-state index is 0.115. The first-order valence-electron chi connectivity index (χ1n) is 7.89. The van der Waals surface area contributed by atoms with Crippen LogP contribution in [0, 0.1) is 5.41 Å². The van der Waals surface area contributed by atoms with Crippen molar-refractivity contribution in [1.29, 1.82) is 0 Å². The molecule has 2 heterocycles. The Morgan fingerprint density at radius 2 is 2.10 bits per heavy atom. The summed E-state index contributed by atoms with van der Waals surface area (Å²) >= 11 is 0. The second-order valence-corrected chi connectivity index (χ2v) is 7.01. The first-order valence-corrected chi connectivity index (χ1v) is 7.89. The SMILES string of the molecule is CC1(C)CCC(NC(=O)C2CCCN2c2ncccn2)C1. The highest BCUT2D eigenvalue weighted by Gasteiger charge is 2.36. The van der Waals surface area contributed by atoms with Crippen molar-refractivity contribution in [3.63, 3.8) is 0 Å². The first kappa shape index (κ1) is 14.3. The highest BCUT2D eigenvalue weighted by molar-refractivity contribution is 5.85. The van der Waals surface area contributed by atoms with Crippen LogP contribution in [0.25, 0.3) is 0 Å². The molecule has 3 rings (SSSR count). The highest BCUT2D eigenvalue weighted by Crippen LogP contribution is 2.37. The van der Waals surface area contributed by atoms with E-state index in [9.17, 15) is 4.79 Å². The third-order valence-electron chi connectivity index (χ3n) is 4.68. The average molecular weight is 288 g/mol. The Kier molecular flexibility index (Phi) is 3.83. The Morgan fingerprint density at radius 1 is 1.33 bits per heavy atom. The molecule has 5 heteroatoms. The quantitative estimate of drug-likeness (QED) is 0.926. The maximum absolute atomic E-state index is 12.6. The van der Waals surface area contributed by atoms with Gasteiger partial charge in [-0.05, 0) is 43.6 Å². The van der Waals surface area contributed by atoms with Crippen LogP contribution in [-0.4, -0.2) is 34.5 Å². The van der Waals surface area contributed by atoms with Gasteiger partial charge >= 0.3 is 0 Å². The van der Waals surface area contributed by atoms with Crippen molar-refractivity contribution in [2.24, 2.45) is 5.41 Å². The molecule has 0 bridgehead atoms. The molecule has 1 saturated carbocycles. The van der Waals surface area contributed by atoms with E-state index in [1.54, 1.807) is 18.5 Å². The molecule has 5 nitrogen and oxygen atoms in total. The molecular formula is C16H24N4O. The first-order chi connectivity index (χ1) is 10.1. The van der Waals surface area contributed by atoms with Crippen LogP contribution in [0.1, 0.15) is 46.0 Å². The van der Waals surface area contributed by atoms with Gasteiger partial charge in [-0.2, -0.15) is 0 Å². The molecule has 0 aromatic carbocycles. The van der Waals surface area contributed by atoms with Crippen LogP contribution in [0.2, 0.25) is 0 Å². The average Bonchev–Trinajstić information content (AvgIpc) is 3.06. The van der Waals surface area contributed by atoms with E-state index >= 15 is 0 Å². The molecule has 2 unspecified atom stereocenters. The van der Waals surface area contributed by atoms with Gasteiger partial charge in [0, 0.05) is 25.0 Å². The summed E-state index contributed by atoms with van der Waals surface area (Å²) in [4.78, 5) is 23.2. The molecule has 1 aliphatic heterocycles. The van der Waals surface area contributed by atoms with Gasteiger partial charge in [0.2, 0.25) is 11.9 Å². The summed E-state index contributed by atoms with van der Waals surface area (Å²) in [6.07, 6.45) is 8.73. The number of nitrogens with one attached hydrogen (secondary N) is 1. The zero-order valence-electron chi connectivity index (χ0n) is 12.9. The van der Waals surface area contributed by atoms with Gasteiger partial charge in [0.15, 0.2) is 0 Å². The molecule has 1 aromatic rings. The van der Waals surface area contributed by atoms with E-state index in [2.05, 4.69) is 29.1 Å². The lowest BCUT2D eigenvalue weighted by atomic mass is 9.92. The van der Waals surface area contributed by atoms with Crippen LogP contribution in [0.15, 0.2) is 18.5 Å². The largest absolute Gasteiger partial charge is 0.352 e. The number of aromatic nitrogens is 2. The molecule has 0 spiro atoms. The van der Waals surface area contributed by atoms with Crippen LogP contribution in [0.4, 0.5) is 5.95 Å².